The molecular weight excluding hydrogens is 705 g/mol. The van der Waals surface area contributed by atoms with Gasteiger partial charge in [0.25, 0.3) is 0 Å². The zero-order valence-corrected chi connectivity index (χ0v) is 31.9. The summed E-state index contributed by atoms with van der Waals surface area (Å²) in [6.45, 7) is 0. The molecule has 4 heterocycles. The van der Waals surface area contributed by atoms with Gasteiger partial charge in [-0.25, -0.2) is 0 Å². The van der Waals surface area contributed by atoms with Crippen LogP contribution < -0.4 is 25.6 Å². The number of nitrogens with zero attached hydrogens (tertiary/aromatic N) is 4. The van der Waals surface area contributed by atoms with Gasteiger partial charge in [0.05, 0.1) is 38.6 Å². The quantitative estimate of drug-likeness (QED) is 0.169. The minimum atomic E-state index is 0.992. The molecule has 58 heavy (non-hydrogen) atoms. The van der Waals surface area contributed by atoms with Gasteiger partial charge in [-0.3, -0.25) is 0 Å². The number of hydrogen-bond acceptors (Lipinski definition) is 2. The highest BCUT2D eigenvalue weighted by Gasteiger charge is 2.27. The van der Waals surface area contributed by atoms with Crippen LogP contribution in [0.25, 0.3) is 72.4 Å². The van der Waals surface area contributed by atoms with Gasteiger partial charge in [0.1, 0.15) is 0 Å². The standard InChI is InChI=1S/C54H38N4/c1-5-17-35(18-6-1)55(36-19-7-2-8-20-36)45-29-15-31-47-51(45)41-27-13-25-39-43-34-50-44(33-49(43)57(47)53(39)41)40-26-14-28-42-52-46(30-16-32-48(52)58(50)54(40)42)56(37-21-9-3-10-22-37)38-23-11-4-12-24-38/h1-13,15,17-25,27-29,31-34H,14,16,26,30H2. The second-order valence-corrected chi connectivity index (χ2v) is 15.9. The van der Waals surface area contributed by atoms with Crippen molar-refractivity contribution in [3.8, 4) is 0 Å². The van der Waals surface area contributed by atoms with E-state index >= 15 is 0 Å². The largest absolute Gasteiger partial charge is 0.314 e. The lowest BCUT2D eigenvalue weighted by Gasteiger charge is -2.29. The maximum absolute atomic E-state index is 2.63. The molecule has 4 aromatic heterocycles. The van der Waals surface area contributed by atoms with Crippen LogP contribution in [-0.4, -0.2) is 8.80 Å². The molecule has 274 valence electrons. The highest BCUT2D eigenvalue weighted by atomic mass is 15.2. The maximum Gasteiger partial charge on any atom is 0.0621 e. The number of rotatable bonds is 6. The molecule has 2 aliphatic rings. The fourth-order valence-corrected chi connectivity index (χ4v) is 10.6. The topological polar surface area (TPSA) is 15.3 Å². The Kier molecular flexibility index (Phi) is 6.65. The molecule has 0 saturated heterocycles. The summed E-state index contributed by atoms with van der Waals surface area (Å²) in [5.74, 6) is 0. The Balaban J connectivity index is 1.11. The first-order valence-corrected chi connectivity index (χ1v) is 20.6. The molecule has 4 heteroatoms. The lowest BCUT2D eigenvalue weighted by molar-refractivity contribution is 1.01. The Morgan fingerprint density at radius 1 is 0.414 bits per heavy atom. The van der Waals surface area contributed by atoms with Crippen LogP contribution >= 0.6 is 0 Å². The van der Waals surface area contributed by atoms with Crippen molar-refractivity contribution in [2.75, 3.05) is 9.80 Å². The van der Waals surface area contributed by atoms with Crippen LogP contribution in [0.2, 0.25) is 0 Å². The van der Waals surface area contributed by atoms with E-state index in [2.05, 4.69) is 201 Å². The number of fused-ring (bicyclic) bond motifs is 12. The van der Waals surface area contributed by atoms with Gasteiger partial charge >= 0.3 is 0 Å². The second kappa shape index (κ2) is 12.1. The summed E-state index contributed by atoms with van der Waals surface area (Å²) in [6.07, 6.45) is 9.09. The fraction of sp³-hybridized carbons (Fsp3) is 0.0741. The lowest BCUT2D eigenvalue weighted by atomic mass is 9.97. The minimum absolute atomic E-state index is 0.992. The van der Waals surface area contributed by atoms with E-state index in [4.69, 9.17) is 0 Å². The molecule has 0 saturated carbocycles. The molecule has 0 spiro atoms. The third-order valence-electron chi connectivity index (χ3n) is 12.9. The van der Waals surface area contributed by atoms with Crippen LogP contribution in [0.15, 0.2) is 170 Å². The molecule has 0 atom stereocenters. The zero-order chi connectivity index (χ0) is 37.9. The first-order valence-electron chi connectivity index (χ1n) is 20.6. The van der Waals surface area contributed by atoms with Crippen molar-refractivity contribution in [1.29, 1.82) is 0 Å². The monoisotopic (exact) mass is 742 g/mol. The fourth-order valence-electron chi connectivity index (χ4n) is 10.6. The predicted molar refractivity (Wildman–Crippen MR) is 244 cm³/mol. The summed E-state index contributed by atoms with van der Waals surface area (Å²) in [5.41, 5.74) is 15.3. The first-order chi connectivity index (χ1) is 28.8. The smallest absolute Gasteiger partial charge is 0.0621 e. The van der Waals surface area contributed by atoms with Crippen LogP contribution in [0.1, 0.15) is 24.8 Å². The van der Waals surface area contributed by atoms with E-state index in [1.807, 2.05) is 0 Å². The highest BCUT2D eigenvalue weighted by molar-refractivity contribution is 6.27. The van der Waals surface area contributed by atoms with E-state index in [9.17, 15) is 0 Å². The number of para-hydroxylation sites is 5. The molecule has 0 unspecified atom stereocenters. The van der Waals surface area contributed by atoms with Gasteiger partial charge in [0.15, 0.2) is 0 Å². The molecule has 0 N–H and O–H groups in total. The van der Waals surface area contributed by atoms with Gasteiger partial charge < -0.3 is 18.6 Å². The van der Waals surface area contributed by atoms with E-state index in [1.54, 1.807) is 0 Å². The van der Waals surface area contributed by atoms with Crippen molar-refractivity contribution in [2.24, 2.45) is 0 Å². The average Bonchev–Trinajstić information content (AvgIpc) is 4.02. The van der Waals surface area contributed by atoms with Crippen molar-refractivity contribution >= 4 is 101 Å². The van der Waals surface area contributed by atoms with Gasteiger partial charge in [-0.1, -0.05) is 109 Å². The number of anilines is 5. The van der Waals surface area contributed by atoms with Crippen LogP contribution in [0, 0.1) is 0 Å². The van der Waals surface area contributed by atoms with Crippen LogP contribution in [0.4, 0.5) is 28.4 Å². The first kappa shape index (κ1) is 31.9. The van der Waals surface area contributed by atoms with Gasteiger partial charge in [0.2, 0.25) is 0 Å². The van der Waals surface area contributed by atoms with Gasteiger partial charge in [-0.2, -0.15) is 0 Å². The van der Waals surface area contributed by atoms with Crippen LogP contribution in [0.3, 0.4) is 0 Å². The Morgan fingerprint density at radius 2 is 0.983 bits per heavy atom. The Labute approximate surface area is 335 Å². The van der Waals surface area contributed by atoms with E-state index in [0.29, 0.717) is 0 Å². The van der Waals surface area contributed by atoms with Crippen molar-refractivity contribution in [3.63, 3.8) is 0 Å². The van der Waals surface area contributed by atoms with Crippen molar-refractivity contribution in [3.05, 3.63) is 191 Å². The predicted octanol–water partition coefficient (Wildman–Crippen LogP) is 11.7. The summed E-state index contributed by atoms with van der Waals surface area (Å²) in [4.78, 5) is 4.92. The molecule has 4 nitrogen and oxygen atoms in total. The third kappa shape index (κ3) is 4.29. The molecule has 2 aliphatic carbocycles. The second-order valence-electron chi connectivity index (χ2n) is 15.9. The Bertz CT molecular complexity index is 3520. The normalized spacial score (nSPS) is 13.8. The molecule has 0 fully saturated rings. The van der Waals surface area contributed by atoms with E-state index in [0.717, 1.165) is 37.1 Å². The Morgan fingerprint density at radius 3 is 1.66 bits per heavy atom. The van der Waals surface area contributed by atoms with E-state index < -0.39 is 0 Å². The third-order valence-corrected chi connectivity index (χ3v) is 12.9. The zero-order valence-electron chi connectivity index (χ0n) is 31.9. The lowest BCUT2D eigenvalue weighted by Crippen LogP contribution is -2.42. The van der Waals surface area contributed by atoms with E-state index in [-0.39, 0.29) is 0 Å². The minimum Gasteiger partial charge on any atom is -0.314 e. The van der Waals surface area contributed by atoms with Crippen molar-refractivity contribution < 1.29 is 0 Å². The molecule has 11 aromatic rings. The molecule has 0 bridgehead atoms. The summed E-state index contributed by atoms with van der Waals surface area (Å²) < 4.78 is 5.18. The highest BCUT2D eigenvalue weighted by Crippen LogP contribution is 2.47. The van der Waals surface area contributed by atoms with Crippen molar-refractivity contribution in [1.82, 2.24) is 8.80 Å². The molecule has 7 aromatic carbocycles. The molecule has 0 aliphatic heterocycles. The number of aromatic nitrogens is 2. The number of aryl methyl sites for hydroxylation is 1. The molecule has 0 radical (unpaired) electrons. The van der Waals surface area contributed by atoms with E-state index in [1.165, 1.54) is 98.6 Å². The van der Waals surface area contributed by atoms with Gasteiger partial charge in [-0.15, -0.1) is 0 Å². The van der Waals surface area contributed by atoms with Crippen LogP contribution in [-0.2, 0) is 6.42 Å². The molecular formula is C54H38N4. The summed E-state index contributed by atoms with van der Waals surface area (Å²) >= 11 is 0. The summed E-state index contributed by atoms with van der Waals surface area (Å²) in [6, 6.07) is 62.2. The summed E-state index contributed by atoms with van der Waals surface area (Å²) in [7, 11) is 0. The van der Waals surface area contributed by atoms with Crippen molar-refractivity contribution in [2.45, 2.75) is 25.7 Å². The summed E-state index contributed by atoms with van der Waals surface area (Å²) in [5, 5.41) is 10.7. The molecule has 13 rings (SSSR count). The number of benzene rings is 7. The Hall–Kier alpha value is -7.30. The SMILES string of the molecule is C1=c2c3c(n4c2c(c2cc5c(cc24)c2cccc4c6c(N(c7ccccc7)c7ccccc7)cccc6n5c24)CC1)=CCCC=3N(c1ccccc1)c1ccccc1. The number of hydrogen-bond donors (Lipinski definition) is 0. The molecule has 0 amide bonds. The van der Waals surface area contributed by atoms with Crippen LogP contribution in [0.5, 0.6) is 0 Å². The average molecular weight is 743 g/mol. The maximum atomic E-state index is 2.63. The van der Waals surface area contributed by atoms with Gasteiger partial charge in [-0.05, 0) is 104 Å². The van der Waals surface area contributed by atoms with Gasteiger partial charge in [0, 0.05) is 65.8 Å².